The Balaban J connectivity index is 1.73. The van der Waals surface area contributed by atoms with Gasteiger partial charge in [0, 0.05) is 40.6 Å². The van der Waals surface area contributed by atoms with Crippen molar-refractivity contribution >= 4 is 28.5 Å². The highest BCUT2D eigenvalue weighted by molar-refractivity contribution is 6.31. The highest BCUT2D eigenvalue weighted by Crippen LogP contribution is 2.32. The molecular weight excluding hydrogens is 415 g/mol. The van der Waals surface area contributed by atoms with E-state index in [1.807, 2.05) is 24.3 Å². The number of fused-ring (bicyclic) bond motifs is 1. The number of hydrogen-bond acceptors (Lipinski definition) is 2. The van der Waals surface area contributed by atoms with Crippen LogP contribution in [0.1, 0.15) is 54.7 Å². The Hall–Kier alpha value is -2.37. The number of nitrogens with zero attached hydrogens (tertiary/aromatic N) is 1. The fourth-order valence-electron chi connectivity index (χ4n) is 4.89. The molecule has 3 aromatic rings. The summed E-state index contributed by atoms with van der Waals surface area (Å²) in [7, 11) is 0. The molecule has 1 saturated carbocycles. The quantitative estimate of drug-likeness (QED) is 0.485. The van der Waals surface area contributed by atoms with Crippen LogP contribution in [0.15, 0.2) is 42.5 Å². The second-order valence-electron chi connectivity index (χ2n) is 8.73. The number of rotatable bonds is 6. The molecule has 1 heterocycles. The van der Waals surface area contributed by atoms with Crippen LogP contribution in [0.25, 0.3) is 10.9 Å². The maximum atomic E-state index is 13.5. The summed E-state index contributed by atoms with van der Waals surface area (Å²) in [6, 6.07) is 12.3. The number of aromatic carboxylic acids is 1. The van der Waals surface area contributed by atoms with Gasteiger partial charge in [-0.25, -0.2) is 9.18 Å². The second-order valence-corrected chi connectivity index (χ2v) is 9.13. The van der Waals surface area contributed by atoms with E-state index >= 15 is 0 Å². The number of carbonyl (C=O) groups is 1. The predicted molar refractivity (Wildman–Crippen MR) is 122 cm³/mol. The van der Waals surface area contributed by atoms with E-state index in [4.69, 9.17) is 11.6 Å². The van der Waals surface area contributed by atoms with Gasteiger partial charge in [-0.2, -0.15) is 0 Å². The van der Waals surface area contributed by atoms with Crippen LogP contribution in [0.4, 0.5) is 4.39 Å². The molecule has 0 unspecified atom stereocenters. The smallest absolute Gasteiger partial charge is 0.352 e. The van der Waals surface area contributed by atoms with Crippen molar-refractivity contribution in [3.63, 3.8) is 0 Å². The summed E-state index contributed by atoms with van der Waals surface area (Å²) in [6.45, 7) is 5.32. The van der Waals surface area contributed by atoms with Crippen molar-refractivity contribution in [1.29, 1.82) is 0 Å². The van der Waals surface area contributed by atoms with Crippen LogP contribution in [-0.2, 0) is 13.1 Å². The summed E-state index contributed by atoms with van der Waals surface area (Å²) >= 11 is 6.25. The molecule has 2 aromatic carbocycles. The molecule has 2 N–H and O–H groups in total. The summed E-state index contributed by atoms with van der Waals surface area (Å²) in [6.07, 6.45) is 3.55. The van der Waals surface area contributed by atoms with Gasteiger partial charge >= 0.3 is 5.97 Å². The lowest BCUT2D eigenvalue weighted by Gasteiger charge is -2.34. The molecule has 0 aliphatic heterocycles. The zero-order valence-corrected chi connectivity index (χ0v) is 18.6. The maximum absolute atomic E-state index is 13.5. The third-order valence-corrected chi connectivity index (χ3v) is 7.22. The third-order valence-electron chi connectivity index (χ3n) is 6.87. The van der Waals surface area contributed by atoms with Crippen molar-refractivity contribution in [2.75, 3.05) is 0 Å². The topological polar surface area (TPSA) is 54.3 Å². The number of carboxylic acids is 1. The predicted octanol–water partition coefficient (Wildman–Crippen LogP) is 6.09. The van der Waals surface area contributed by atoms with E-state index in [9.17, 15) is 14.3 Å². The minimum Gasteiger partial charge on any atom is -0.477 e. The van der Waals surface area contributed by atoms with Gasteiger partial charge in [-0.15, -0.1) is 0 Å². The molecule has 31 heavy (non-hydrogen) atoms. The van der Waals surface area contributed by atoms with E-state index < -0.39 is 11.8 Å². The number of nitrogens with one attached hydrogen (secondary N) is 1. The Kier molecular flexibility index (Phi) is 6.35. The lowest BCUT2D eigenvalue weighted by molar-refractivity contribution is 0.0684. The zero-order valence-electron chi connectivity index (χ0n) is 17.9. The highest BCUT2D eigenvalue weighted by atomic mass is 35.5. The molecule has 1 aliphatic carbocycles. The van der Waals surface area contributed by atoms with Crippen LogP contribution in [0.3, 0.4) is 0 Å². The second kappa shape index (κ2) is 9.01. The first kappa shape index (κ1) is 21.8. The van der Waals surface area contributed by atoms with Crippen molar-refractivity contribution in [3.05, 3.63) is 70.1 Å². The van der Waals surface area contributed by atoms with Gasteiger partial charge < -0.3 is 15.0 Å². The summed E-state index contributed by atoms with van der Waals surface area (Å²) < 4.78 is 15.3. The van der Waals surface area contributed by atoms with Crippen LogP contribution >= 0.6 is 11.6 Å². The SMILES string of the molecule is C[C@H]1[C@H](C)CCC[C@@H]1NCc1c(C(=O)O)n(Cc2ccc(F)cc2Cl)c2ccccc12. The Morgan fingerprint density at radius 3 is 2.74 bits per heavy atom. The molecule has 164 valence electrons. The van der Waals surface area contributed by atoms with Gasteiger partial charge in [0.2, 0.25) is 0 Å². The monoisotopic (exact) mass is 442 g/mol. The van der Waals surface area contributed by atoms with Crippen LogP contribution in [0, 0.1) is 17.7 Å². The summed E-state index contributed by atoms with van der Waals surface area (Å²) in [5, 5.41) is 15.0. The van der Waals surface area contributed by atoms with Gasteiger partial charge in [0.25, 0.3) is 0 Å². The molecule has 0 saturated heterocycles. The van der Waals surface area contributed by atoms with E-state index in [2.05, 4.69) is 19.2 Å². The molecule has 1 aromatic heterocycles. The minimum atomic E-state index is -0.976. The highest BCUT2D eigenvalue weighted by Gasteiger charge is 2.28. The van der Waals surface area contributed by atoms with E-state index in [1.165, 1.54) is 25.0 Å². The third kappa shape index (κ3) is 4.35. The fourth-order valence-corrected chi connectivity index (χ4v) is 5.11. The van der Waals surface area contributed by atoms with Crippen molar-refractivity contribution < 1.29 is 14.3 Å². The number of aromatic nitrogens is 1. The number of para-hydroxylation sites is 1. The molecule has 6 heteroatoms. The van der Waals surface area contributed by atoms with Crippen molar-refractivity contribution in [1.82, 2.24) is 9.88 Å². The van der Waals surface area contributed by atoms with Crippen molar-refractivity contribution in [3.8, 4) is 0 Å². The lowest BCUT2D eigenvalue weighted by atomic mass is 9.78. The van der Waals surface area contributed by atoms with Gasteiger partial charge in [0.05, 0.1) is 0 Å². The maximum Gasteiger partial charge on any atom is 0.352 e. The Bertz CT molecular complexity index is 1110. The molecule has 0 spiro atoms. The Morgan fingerprint density at radius 2 is 2.00 bits per heavy atom. The first-order valence-corrected chi connectivity index (χ1v) is 11.2. The van der Waals surface area contributed by atoms with Crippen LogP contribution in [-0.4, -0.2) is 21.7 Å². The Morgan fingerprint density at radius 1 is 1.23 bits per heavy atom. The number of carboxylic acid groups (broad SMARTS) is 1. The number of halogens is 2. The van der Waals surface area contributed by atoms with Crippen LogP contribution < -0.4 is 5.32 Å². The number of hydrogen-bond donors (Lipinski definition) is 2. The van der Waals surface area contributed by atoms with E-state index in [1.54, 1.807) is 10.6 Å². The van der Waals surface area contributed by atoms with Gasteiger partial charge in [0.15, 0.2) is 0 Å². The normalized spacial score (nSPS) is 21.5. The molecule has 0 radical (unpaired) electrons. The molecule has 0 amide bonds. The van der Waals surface area contributed by atoms with Crippen LogP contribution in [0.2, 0.25) is 5.02 Å². The van der Waals surface area contributed by atoms with Gasteiger partial charge in [-0.3, -0.25) is 0 Å². The van der Waals surface area contributed by atoms with E-state index in [-0.39, 0.29) is 12.2 Å². The molecular formula is C25H28ClFN2O2. The zero-order chi connectivity index (χ0) is 22.1. The Labute approximate surface area is 187 Å². The first-order chi connectivity index (χ1) is 14.9. The van der Waals surface area contributed by atoms with Gasteiger partial charge in [0.1, 0.15) is 11.5 Å². The molecule has 1 fully saturated rings. The summed E-state index contributed by atoms with van der Waals surface area (Å²) in [5.41, 5.74) is 2.56. The van der Waals surface area contributed by atoms with Crippen LogP contribution in [0.5, 0.6) is 0 Å². The average molecular weight is 443 g/mol. The molecule has 4 nitrogen and oxygen atoms in total. The van der Waals surface area contributed by atoms with E-state index in [0.717, 1.165) is 22.9 Å². The average Bonchev–Trinajstić information content (AvgIpc) is 3.05. The first-order valence-electron chi connectivity index (χ1n) is 10.9. The largest absolute Gasteiger partial charge is 0.477 e. The number of benzene rings is 2. The minimum absolute atomic E-state index is 0.255. The van der Waals surface area contributed by atoms with Gasteiger partial charge in [-0.1, -0.05) is 62.6 Å². The van der Waals surface area contributed by atoms with Gasteiger partial charge in [-0.05, 0) is 42.0 Å². The lowest BCUT2D eigenvalue weighted by Crippen LogP contribution is -2.40. The molecule has 1 aliphatic rings. The summed E-state index contributed by atoms with van der Waals surface area (Å²) in [5.74, 6) is -0.179. The molecule has 3 atom stereocenters. The van der Waals surface area contributed by atoms with Crippen molar-refractivity contribution in [2.45, 2.75) is 52.2 Å². The molecule has 0 bridgehead atoms. The molecule has 4 rings (SSSR count). The summed E-state index contributed by atoms with van der Waals surface area (Å²) in [4.78, 5) is 12.4. The van der Waals surface area contributed by atoms with Crippen molar-refractivity contribution in [2.24, 2.45) is 11.8 Å². The van der Waals surface area contributed by atoms with E-state index in [0.29, 0.717) is 35.0 Å². The fraction of sp³-hybridized carbons (Fsp3) is 0.400. The standard InChI is InChI=1S/C25H28ClFN2O2/c1-15-6-5-8-22(16(15)2)28-13-20-19-7-3-4-9-23(19)29(24(20)25(30)31)14-17-10-11-18(27)12-21(17)26/h3-4,7,9-12,15-16,22,28H,5-6,8,13-14H2,1-2H3,(H,30,31)/t15-,16+,22+/m1/s1.